The van der Waals surface area contributed by atoms with E-state index in [2.05, 4.69) is 4.72 Å². The Kier molecular flexibility index (Phi) is 4.82. The highest BCUT2D eigenvalue weighted by molar-refractivity contribution is 7.93. The molecule has 8 heteroatoms. The fourth-order valence-corrected chi connectivity index (χ4v) is 4.34. The largest absolute Gasteiger partial charge is 0.280 e. The van der Waals surface area contributed by atoms with E-state index in [0.717, 1.165) is 5.56 Å². The van der Waals surface area contributed by atoms with Crippen molar-refractivity contribution in [1.29, 1.82) is 0 Å². The molecule has 0 heterocycles. The quantitative estimate of drug-likeness (QED) is 0.701. The summed E-state index contributed by atoms with van der Waals surface area (Å²) in [6.45, 7) is 0. The van der Waals surface area contributed by atoms with Gasteiger partial charge in [0, 0.05) is 5.56 Å². The molecular formula is C18H16N2O4S2. The first kappa shape index (κ1) is 18.1. The predicted octanol–water partition coefficient (Wildman–Crippen LogP) is 2.80. The fourth-order valence-electron chi connectivity index (χ4n) is 2.50. The van der Waals surface area contributed by atoms with Gasteiger partial charge in [-0.15, -0.1) is 0 Å². The Hall–Kier alpha value is -2.68. The Morgan fingerprint density at radius 1 is 0.731 bits per heavy atom. The van der Waals surface area contributed by atoms with Crippen molar-refractivity contribution in [2.24, 2.45) is 5.14 Å². The van der Waals surface area contributed by atoms with Crippen LogP contribution in [0.3, 0.4) is 0 Å². The zero-order chi connectivity index (χ0) is 18.8. The average molecular weight is 388 g/mol. The molecule has 134 valence electrons. The van der Waals surface area contributed by atoms with Crippen LogP contribution < -0.4 is 9.86 Å². The van der Waals surface area contributed by atoms with Crippen LogP contribution in [-0.2, 0) is 20.0 Å². The lowest BCUT2D eigenvalue weighted by Crippen LogP contribution is -2.16. The molecule has 0 atom stereocenters. The first-order valence-electron chi connectivity index (χ1n) is 7.57. The first-order valence-corrected chi connectivity index (χ1v) is 10.6. The standard InChI is InChI=1S/C18H16N2O4S2/c19-25(21,22)16-10-6-9-15(13-16)20-26(23,24)18-12-5-4-11-17(18)14-7-2-1-3-8-14/h1-13,20H,(H2,19,21,22). The molecular weight excluding hydrogens is 372 g/mol. The molecule has 0 bridgehead atoms. The Morgan fingerprint density at radius 2 is 1.38 bits per heavy atom. The van der Waals surface area contributed by atoms with Crippen LogP contribution in [-0.4, -0.2) is 16.8 Å². The highest BCUT2D eigenvalue weighted by Crippen LogP contribution is 2.28. The van der Waals surface area contributed by atoms with E-state index in [4.69, 9.17) is 5.14 Å². The van der Waals surface area contributed by atoms with Crippen molar-refractivity contribution in [3.63, 3.8) is 0 Å². The first-order chi connectivity index (χ1) is 12.3. The van der Waals surface area contributed by atoms with E-state index in [1.54, 1.807) is 18.2 Å². The van der Waals surface area contributed by atoms with Gasteiger partial charge in [0.1, 0.15) is 0 Å². The summed E-state index contributed by atoms with van der Waals surface area (Å²) in [6, 6.07) is 21.1. The van der Waals surface area contributed by atoms with Gasteiger partial charge in [-0.2, -0.15) is 0 Å². The van der Waals surface area contributed by atoms with Crippen LogP contribution in [0.25, 0.3) is 11.1 Å². The van der Waals surface area contributed by atoms with Gasteiger partial charge in [-0.05, 0) is 29.8 Å². The molecule has 3 N–H and O–H groups in total. The van der Waals surface area contributed by atoms with E-state index in [0.29, 0.717) is 5.56 Å². The van der Waals surface area contributed by atoms with Gasteiger partial charge in [-0.3, -0.25) is 4.72 Å². The molecule has 3 aromatic carbocycles. The summed E-state index contributed by atoms with van der Waals surface area (Å²) in [7, 11) is -7.87. The minimum absolute atomic E-state index is 0.0900. The maximum atomic E-state index is 12.9. The topological polar surface area (TPSA) is 106 Å². The number of hydrogen-bond acceptors (Lipinski definition) is 4. The summed E-state index contributed by atoms with van der Waals surface area (Å²) in [6.07, 6.45) is 0. The lowest BCUT2D eigenvalue weighted by molar-refractivity contribution is 0.596. The minimum atomic E-state index is -3.94. The number of benzene rings is 3. The van der Waals surface area contributed by atoms with Crippen LogP contribution in [0.2, 0.25) is 0 Å². The van der Waals surface area contributed by atoms with Gasteiger partial charge in [0.05, 0.1) is 15.5 Å². The Labute approximate surface area is 152 Å². The molecule has 0 aliphatic heterocycles. The van der Waals surface area contributed by atoms with E-state index in [1.807, 2.05) is 30.3 Å². The van der Waals surface area contributed by atoms with Gasteiger partial charge in [0.2, 0.25) is 10.0 Å². The normalized spacial score (nSPS) is 11.9. The van der Waals surface area contributed by atoms with Crippen molar-refractivity contribution in [1.82, 2.24) is 0 Å². The minimum Gasteiger partial charge on any atom is -0.280 e. The van der Waals surface area contributed by atoms with Crippen LogP contribution in [0.15, 0.2) is 88.7 Å². The van der Waals surface area contributed by atoms with Crippen molar-refractivity contribution >= 4 is 25.7 Å². The van der Waals surface area contributed by atoms with Gasteiger partial charge in [-0.1, -0.05) is 54.6 Å². The zero-order valence-corrected chi connectivity index (χ0v) is 15.2. The molecule has 0 spiro atoms. The molecule has 0 saturated carbocycles. The van der Waals surface area contributed by atoms with Gasteiger partial charge in [0.15, 0.2) is 0 Å². The fraction of sp³-hybridized carbons (Fsp3) is 0. The second-order valence-corrected chi connectivity index (χ2v) is 8.75. The van der Waals surface area contributed by atoms with E-state index in [9.17, 15) is 16.8 Å². The Balaban J connectivity index is 2.03. The molecule has 0 aliphatic rings. The number of nitrogens with one attached hydrogen (secondary N) is 1. The third kappa shape index (κ3) is 3.93. The molecule has 0 radical (unpaired) electrons. The maximum Gasteiger partial charge on any atom is 0.262 e. The van der Waals surface area contributed by atoms with Gasteiger partial charge in [0.25, 0.3) is 10.0 Å². The Morgan fingerprint density at radius 3 is 2.08 bits per heavy atom. The predicted molar refractivity (Wildman–Crippen MR) is 101 cm³/mol. The summed E-state index contributed by atoms with van der Waals surface area (Å²) in [5.41, 5.74) is 1.41. The Bertz CT molecular complexity index is 1140. The molecule has 0 aliphatic carbocycles. The van der Waals surface area contributed by atoms with Crippen LogP contribution in [0.5, 0.6) is 0 Å². The lowest BCUT2D eigenvalue weighted by Gasteiger charge is -2.13. The molecule has 0 fully saturated rings. The third-order valence-corrected chi connectivity index (χ3v) is 6.03. The van der Waals surface area contributed by atoms with Gasteiger partial charge < -0.3 is 0 Å². The zero-order valence-electron chi connectivity index (χ0n) is 13.5. The van der Waals surface area contributed by atoms with Gasteiger partial charge >= 0.3 is 0 Å². The lowest BCUT2D eigenvalue weighted by atomic mass is 10.1. The highest BCUT2D eigenvalue weighted by atomic mass is 32.2. The van der Waals surface area contributed by atoms with Crippen molar-refractivity contribution in [2.75, 3.05) is 4.72 Å². The second-order valence-electron chi connectivity index (χ2n) is 5.54. The molecule has 0 unspecified atom stereocenters. The van der Waals surface area contributed by atoms with Crippen LogP contribution in [0.1, 0.15) is 0 Å². The molecule has 3 aromatic rings. The van der Waals surface area contributed by atoms with E-state index >= 15 is 0 Å². The number of nitrogens with two attached hydrogens (primary N) is 1. The smallest absolute Gasteiger partial charge is 0.262 e. The summed E-state index contributed by atoms with van der Waals surface area (Å²) >= 11 is 0. The van der Waals surface area contributed by atoms with Crippen LogP contribution >= 0.6 is 0 Å². The van der Waals surface area contributed by atoms with Gasteiger partial charge in [-0.25, -0.2) is 22.0 Å². The number of anilines is 1. The SMILES string of the molecule is NS(=O)(=O)c1cccc(NS(=O)(=O)c2ccccc2-c2ccccc2)c1. The van der Waals surface area contributed by atoms with Crippen molar-refractivity contribution in [3.05, 3.63) is 78.9 Å². The maximum absolute atomic E-state index is 12.9. The average Bonchev–Trinajstić information content (AvgIpc) is 2.62. The number of rotatable bonds is 5. The summed E-state index contributed by atoms with van der Waals surface area (Å²) in [5, 5.41) is 5.10. The number of sulfonamides is 2. The highest BCUT2D eigenvalue weighted by Gasteiger charge is 2.20. The molecule has 0 amide bonds. The van der Waals surface area contributed by atoms with Crippen LogP contribution in [0, 0.1) is 0 Å². The number of primary sulfonamides is 1. The summed E-state index contributed by atoms with van der Waals surface area (Å²) < 4.78 is 51.1. The van der Waals surface area contributed by atoms with Crippen molar-refractivity contribution < 1.29 is 16.8 Å². The summed E-state index contributed by atoms with van der Waals surface area (Å²) in [4.78, 5) is -0.0822. The molecule has 0 aromatic heterocycles. The van der Waals surface area contributed by atoms with E-state index in [-0.39, 0.29) is 15.5 Å². The van der Waals surface area contributed by atoms with E-state index < -0.39 is 20.0 Å². The monoisotopic (exact) mass is 388 g/mol. The molecule has 3 rings (SSSR count). The van der Waals surface area contributed by atoms with E-state index in [1.165, 1.54) is 30.3 Å². The number of hydrogen-bond donors (Lipinski definition) is 2. The molecule has 0 saturated heterocycles. The van der Waals surface area contributed by atoms with Crippen molar-refractivity contribution in [3.8, 4) is 11.1 Å². The molecule has 6 nitrogen and oxygen atoms in total. The molecule has 26 heavy (non-hydrogen) atoms. The van der Waals surface area contributed by atoms with Crippen molar-refractivity contribution in [2.45, 2.75) is 9.79 Å². The second kappa shape index (κ2) is 6.91. The summed E-state index contributed by atoms with van der Waals surface area (Å²) in [5.74, 6) is 0. The third-order valence-electron chi connectivity index (χ3n) is 3.68. The van der Waals surface area contributed by atoms with Crippen LogP contribution in [0.4, 0.5) is 5.69 Å².